The molecule has 0 spiro atoms. The number of pyridine rings is 2. The molecule has 208 valence electrons. The number of Topliss-reactive ketones (excluding diaryl/α,β-unsaturated/α-hetero) is 1. The van der Waals surface area contributed by atoms with Gasteiger partial charge < -0.3 is 19.7 Å². The van der Waals surface area contributed by atoms with Crippen LogP contribution in [0.4, 0.5) is 17.6 Å². The Morgan fingerprint density at radius 2 is 1.59 bits per heavy atom. The molecule has 2 aromatic rings. The number of aromatic nitrogens is 2. The van der Waals surface area contributed by atoms with E-state index in [4.69, 9.17) is 66.1 Å². The molecule has 3 unspecified atom stereocenters. The lowest BCUT2D eigenvalue weighted by Gasteiger charge is -2.27. The molecule has 1 aliphatic rings. The molecule has 1 aliphatic heterocycles. The molecule has 37 heavy (non-hydrogen) atoms. The second-order valence-electron chi connectivity index (χ2n) is 7.45. The van der Waals surface area contributed by atoms with Crippen molar-refractivity contribution in [2.24, 2.45) is 0 Å². The van der Waals surface area contributed by atoms with E-state index >= 15 is 0 Å². The van der Waals surface area contributed by atoms with Gasteiger partial charge in [-0.1, -0.05) is 23.2 Å². The highest BCUT2D eigenvalue weighted by molar-refractivity contribution is 6.31. The van der Waals surface area contributed by atoms with E-state index in [0.29, 0.717) is 0 Å². The van der Waals surface area contributed by atoms with Crippen LogP contribution >= 0.6 is 46.4 Å². The number of rotatable bonds is 7. The van der Waals surface area contributed by atoms with Crippen molar-refractivity contribution < 1.29 is 42.0 Å². The van der Waals surface area contributed by atoms with Gasteiger partial charge in [0.15, 0.2) is 5.78 Å². The summed E-state index contributed by atoms with van der Waals surface area (Å²) in [5.74, 6) is -2.42. The molecular formula is C22H24Cl4F4N2O5. The zero-order chi connectivity index (χ0) is 28.3. The number of carbonyl (C=O) groups excluding carboxylic acids is 1. The van der Waals surface area contributed by atoms with E-state index in [2.05, 4.69) is 9.97 Å². The van der Waals surface area contributed by atoms with Crippen LogP contribution in [0, 0.1) is 0 Å². The van der Waals surface area contributed by atoms with Crippen LogP contribution in [0.3, 0.4) is 0 Å². The Balaban J connectivity index is 0.000000321. The molecule has 2 aromatic heterocycles. The molecule has 0 radical (unpaired) electrons. The lowest BCUT2D eigenvalue weighted by molar-refractivity contribution is -0.158. The number of aliphatic hydroxyl groups is 2. The van der Waals surface area contributed by atoms with Crippen LogP contribution in [0.5, 0.6) is 0 Å². The zero-order valence-corrected chi connectivity index (χ0v) is 22.5. The Morgan fingerprint density at radius 3 is 2.00 bits per heavy atom. The number of hydrogen-bond acceptors (Lipinski definition) is 7. The smallest absolute Gasteiger partial charge is 0.281 e. The standard InChI is InChI=1S/C11H11Cl2F2NO2.C8H5Cl2F2NO.C3H8O2/c1-6-4-17-11(5-12,18-6)7-2-3-8(13)16-9(7)10(14)15;9-3-5(14)4-1-2-6(10)13-7(4)8(11)12;1-3(5)2-4/h2-3,6,10H,4-5H2,1H3;1-2,8H,3H2;3-5H,2H2,1H3. The molecule has 3 rings (SSSR count). The number of carbonyl (C=O) groups is 1. The largest absolute Gasteiger partial charge is 0.394 e. The van der Waals surface area contributed by atoms with Gasteiger partial charge in [0.05, 0.1) is 37.2 Å². The van der Waals surface area contributed by atoms with Crippen molar-refractivity contribution in [1.29, 1.82) is 0 Å². The third-order valence-electron chi connectivity index (χ3n) is 4.41. The maximum absolute atomic E-state index is 13.0. The van der Waals surface area contributed by atoms with E-state index in [1.807, 2.05) is 0 Å². The number of ketones is 1. The van der Waals surface area contributed by atoms with Crippen molar-refractivity contribution in [2.45, 2.75) is 44.7 Å². The van der Waals surface area contributed by atoms with Gasteiger partial charge in [-0.2, -0.15) is 0 Å². The lowest BCUT2D eigenvalue weighted by Crippen LogP contribution is -2.31. The molecule has 15 heteroatoms. The first kappa shape index (κ1) is 33.7. The van der Waals surface area contributed by atoms with Gasteiger partial charge in [0.2, 0.25) is 5.79 Å². The van der Waals surface area contributed by atoms with E-state index in [9.17, 15) is 22.4 Å². The highest BCUT2D eigenvalue weighted by Crippen LogP contribution is 2.39. The molecule has 1 saturated heterocycles. The molecule has 7 nitrogen and oxygen atoms in total. The summed E-state index contributed by atoms with van der Waals surface area (Å²) in [7, 11) is 0. The Kier molecular flexibility index (Phi) is 14.5. The Hall–Kier alpha value is -1.31. The summed E-state index contributed by atoms with van der Waals surface area (Å²) >= 11 is 22.1. The first-order valence-electron chi connectivity index (χ1n) is 10.5. The fourth-order valence-electron chi connectivity index (χ4n) is 2.79. The van der Waals surface area contributed by atoms with Crippen molar-refractivity contribution in [3.8, 4) is 0 Å². The minimum atomic E-state index is -2.84. The van der Waals surface area contributed by atoms with E-state index in [0.717, 1.165) is 0 Å². The summed E-state index contributed by atoms with van der Waals surface area (Å²) in [5.41, 5.74) is -1.14. The van der Waals surface area contributed by atoms with Gasteiger partial charge in [-0.3, -0.25) is 4.79 Å². The number of nitrogens with zero attached hydrogens (tertiary/aromatic N) is 2. The van der Waals surface area contributed by atoms with E-state index < -0.39 is 41.9 Å². The number of alkyl halides is 6. The molecule has 1 fully saturated rings. The Bertz CT molecular complexity index is 1020. The molecule has 0 aliphatic carbocycles. The summed E-state index contributed by atoms with van der Waals surface area (Å²) in [6.07, 6.45) is -6.39. The zero-order valence-electron chi connectivity index (χ0n) is 19.5. The summed E-state index contributed by atoms with van der Waals surface area (Å²) in [5, 5.41) is 15.9. The highest BCUT2D eigenvalue weighted by Gasteiger charge is 2.44. The third kappa shape index (κ3) is 10.1. The van der Waals surface area contributed by atoms with Crippen molar-refractivity contribution in [1.82, 2.24) is 9.97 Å². The minimum Gasteiger partial charge on any atom is -0.394 e. The van der Waals surface area contributed by atoms with Gasteiger partial charge in [-0.05, 0) is 38.1 Å². The molecule has 0 aromatic carbocycles. The first-order chi connectivity index (χ1) is 17.3. The topological polar surface area (TPSA) is 102 Å². The fourth-order valence-corrected chi connectivity index (χ4v) is 3.53. The quantitative estimate of drug-likeness (QED) is 0.172. The molecule has 0 bridgehead atoms. The first-order valence-corrected chi connectivity index (χ1v) is 12.3. The van der Waals surface area contributed by atoms with Gasteiger partial charge in [0.25, 0.3) is 12.9 Å². The van der Waals surface area contributed by atoms with Crippen LogP contribution in [-0.2, 0) is 15.3 Å². The molecule has 3 heterocycles. The van der Waals surface area contributed by atoms with Crippen LogP contribution in [0.2, 0.25) is 10.3 Å². The summed E-state index contributed by atoms with van der Waals surface area (Å²) in [4.78, 5) is 18.1. The van der Waals surface area contributed by atoms with Gasteiger partial charge >= 0.3 is 0 Å². The Morgan fingerprint density at radius 1 is 1.08 bits per heavy atom. The van der Waals surface area contributed by atoms with E-state index in [1.54, 1.807) is 6.92 Å². The second-order valence-corrected chi connectivity index (χ2v) is 8.76. The molecule has 0 amide bonds. The maximum atomic E-state index is 13.0. The normalized spacial score (nSPS) is 19.7. The predicted octanol–water partition coefficient (Wildman–Crippen LogP) is 5.95. The van der Waals surface area contributed by atoms with Gasteiger partial charge in [0.1, 0.15) is 21.7 Å². The molecular weight excluding hydrogens is 590 g/mol. The number of hydrogen-bond donors (Lipinski definition) is 2. The fraction of sp³-hybridized carbons (Fsp3) is 0.500. The lowest BCUT2D eigenvalue weighted by atomic mass is 10.1. The monoisotopic (exact) mass is 612 g/mol. The van der Waals surface area contributed by atoms with Crippen LogP contribution in [0.1, 0.15) is 54.0 Å². The third-order valence-corrected chi connectivity index (χ3v) is 5.43. The summed E-state index contributed by atoms with van der Waals surface area (Å²) in [6.45, 7) is 3.46. The van der Waals surface area contributed by atoms with Crippen molar-refractivity contribution in [3.63, 3.8) is 0 Å². The van der Waals surface area contributed by atoms with Crippen LogP contribution in [-0.4, -0.2) is 63.1 Å². The second kappa shape index (κ2) is 15.9. The van der Waals surface area contributed by atoms with Crippen molar-refractivity contribution >= 4 is 52.2 Å². The van der Waals surface area contributed by atoms with Gasteiger partial charge in [0, 0.05) is 11.1 Å². The predicted molar refractivity (Wildman–Crippen MR) is 131 cm³/mol. The number of ether oxygens (including phenoxy) is 2. The molecule has 3 atom stereocenters. The Labute approximate surface area is 230 Å². The molecule has 0 saturated carbocycles. The van der Waals surface area contributed by atoms with E-state index in [1.165, 1.54) is 31.2 Å². The summed E-state index contributed by atoms with van der Waals surface area (Å²) in [6, 6.07) is 5.29. The molecule has 2 N–H and O–H groups in total. The highest BCUT2D eigenvalue weighted by atomic mass is 35.5. The maximum Gasteiger partial charge on any atom is 0.281 e. The van der Waals surface area contributed by atoms with Crippen LogP contribution in [0.15, 0.2) is 24.3 Å². The van der Waals surface area contributed by atoms with Gasteiger partial charge in [-0.15, -0.1) is 23.2 Å². The van der Waals surface area contributed by atoms with Gasteiger partial charge in [-0.25, -0.2) is 27.5 Å². The SMILES string of the molecule is CC(O)CO.CC1COC(CCl)(c2ccc(Cl)nc2C(F)F)O1.O=C(CCl)c1ccc(Cl)nc1C(F)F. The van der Waals surface area contributed by atoms with Crippen LogP contribution < -0.4 is 0 Å². The van der Waals surface area contributed by atoms with Crippen LogP contribution in [0.25, 0.3) is 0 Å². The summed E-state index contributed by atoms with van der Waals surface area (Å²) < 4.78 is 61.7. The van der Waals surface area contributed by atoms with Crippen molar-refractivity contribution in [2.75, 3.05) is 25.0 Å². The average Bonchev–Trinajstić information content (AvgIpc) is 3.25. The minimum absolute atomic E-state index is 0.00943. The van der Waals surface area contributed by atoms with E-state index in [-0.39, 0.29) is 52.5 Å². The number of halogens is 8. The van der Waals surface area contributed by atoms with Crippen molar-refractivity contribution in [3.05, 3.63) is 57.1 Å². The average molecular weight is 614 g/mol. The number of aliphatic hydroxyl groups excluding tert-OH is 2.